The van der Waals surface area contributed by atoms with Crippen LogP contribution in [0.3, 0.4) is 0 Å². The Bertz CT molecular complexity index is 2200. The van der Waals surface area contributed by atoms with Gasteiger partial charge >= 0.3 is 0 Å². The molecule has 0 bridgehead atoms. The number of piperazine rings is 1. The quantitative estimate of drug-likeness (QED) is 0.132. The molecule has 0 spiro atoms. The van der Waals surface area contributed by atoms with Crippen molar-refractivity contribution in [3.05, 3.63) is 95.6 Å². The molecule has 0 aliphatic carbocycles. The van der Waals surface area contributed by atoms with Crippen LogP contribution in [0.4, 0.5) is 0 Å². The van der Waals surface area contributed by atoms with E-state index in [0.717, 1.165) is 81.6 Å². The largest absolute Gasteiger partial charge is 0.496 e. The van der Waals surface area contributed by atoms with Gasteiger partial charge in [0.2, 0.25) is 5.91 Å². The van der Waals surface area contributed by atoms with E-state index in [2.05, 4.69) is 52.2 Å². The molecular weight excluding hydrogens is 675 g/mol. The van der Waals surface area contributed by atoms with Gasteiger partial charge in [0.1, 0.15) is 30.0 Å². The summed E-state index contributed by atoms with van der Waals surface area (Å²) < 4.78 is 26.6. The van der Waals surface area contributed by atoms with Gasteiger partial charge in [-0.3, -0.25) is 14.6 Å². The highest BCUT2D eigenvalue weighted by atomic mass is 32.1. The zero-order valence-corrected chi connectivity index (χ0v) is 31.3. The molecule has 10 nitrogen and oxygen atoms in total. The molecule has 0 atom stereocenters. The average Bonchev–Trinajstić information content (AvgIpc) is 3.81. The number of hydrogen-bond donors (Lipinski definition) is 0. The number of aromatic nitrogens is 3. The first-order chi connectivity index (χ1) is 25.2. The highest BCUT2D eigenvalue weighted by Crippen LogP contribution is 2.36. The lowest BCUT2D eigenvalue weighted by molar-refractivity contribution is 0.0324. The normalized spacial score (nSPS) is 13.7. The van der Waals surface area contributed by atoms with Crippen molar-refractivity contribution in [3.63, 3.8) is 0 Å². The molecule has 7 rings (SSSR count). The number of carbonyl (C=O) groups excluding carboxylic acids is 1. The van der Waals surface area contributed by atoms with Crippen molar-refractivity contribution in [2.75, 3.05) is 53.9 Å². The maximum Gasteiger partial charge on any atom is 0.244 e. The minimum absolute atomic E-state index is 0.187. The standard InChI is InChI=1S/C41H43N5O5S/c1-26-11-12-31(41-42-33-9-7-8-10-40(33)52-41)21-37(26)50-24-44-15-17-45(18-16-44)25-51-39-20-30(13-14-36(39)48-5)35-23-34(43-46(35)29(4)47)32-19-27(2)28(3)38(22-32)49-6/h7-14,19-23H,15-18,24-25H2,1-6H3. The van der Waals surface area contributed by atoms with E-state index in [-0.39, 0.29) is 5.91 Å². The van der Waals surface area contributed by atoms with E-state index in [1.807, 2.05) is 62.4 Å². The molecule has 52 heavy (non-hydrogen) atoms. The summed E-state index contributed by atoms with van der Waals surface area (Å²) in [6.45, 7) is 11.9. The van der Waals surface area contributed by atoms with Gasteiger partial charge in [-0.15, -0.1) is 11.3 Å². The molecule has 0 radical (unpaired) electrons. The van der Waals surface area contributed by atoms with E-state index < -0.39 is 0 Å². The summed E-state index contributed by atoms with van der Waals surface area (Å²) in [6.07, 6.45) is 0. The van der Waals surface area contributed by atoms with Crippen molar-refractivity contribution in [1.29, 1.82) is 0 Å². The number of carbonyl (C=O) groups is 1. The topological polar surface area (TPSA) is 91.2 Å². The number of fused-ring (bicyclic) bond motifs is 1. The molecule has 268 valence electrons. The zero-order valence-electron chi connectivity index (χ0n) is 30.4. The lowest BCUT2D eigenvalue weighted by atomic mass is 10.0. The maximum atomic E-state index is 12.7. The Morgan fingerprint density at radius 1 is 0.712 bits per heavy atom. The first kappa shape index (κ1) is 35.2. The fourth-order valence-electron chi connectivity index (χ4n) is 6.36. The first-order valence-electron chi connectivity index (χ1n) is 17.3. The molecule has 1 aliphatic heterocycles. The van der Waals surface area contributed by atoms with Crippen LogP contribution in [0, 0.1) is 20.8 Å². The fraction of sp³-hybridized carbons (Fsp3) is 0.293. The monoisotopic (exact) mass is 717 g/mol. The maximum absolute atomic E-state index is 12.7. The Hall–Kier alpha value is -5.23. The Morgan fingerprint density at radius 2 is 1.37 bits per heavy atom. The van der Waals surface area contributed by atoms with E-state index in [4.69, 9.17) is 23.9 Å². The van der Waals surface area contributed by atoms with Crippen LogP contribution in [0.25, 0.3) is 43.3 Å². The highest BCUT2D eigenvalue weighted by Gasteiger charge is 2.21. The van der Waals surface area contributed by atoms with Gasteiger partial charge in [-0.25, -0.2) is 4.98 Å². The fourth-order valence-corrected chi connectivity index (χ4v) is 7.32. The molecular formula is C41H43N5O5S. The number of rotatable bonds is 11. The van der Waals surface area contributed by atoms with E-state index >= 15 is 0 Å². The molecule has 0 N–H and O–H groups in total. The Kier molecular flexibility index (Phi) is 10.3. The summed E-state index contributed by atoms with van der Waals surface area (Å²) in [5.74, 6) is 2.69. The van der Waals surface area contributed by atoms with E-state index in [1.54, 1.807) is 25.6 Å². The highest BCUT2D eigenvalue weighted by molar-refractivity contribution is 7.21. The van der Waals surface area contributed by atoms with Crippen LogP contribution >= 0.6 is 11.3 Å². The number of aryl methyl sites for hydroxylation is 2. The van der Waals surface area contributed by atoms with Crippen LogP contribution in [-0.2, 0) is 0 Å². The third-order valence-corrected chi connectivity index (χ3v) is 10.7. The molecule has 1 fully saturated rings. The predicted octanol–water partition coefficient (Wildman–Crippen LogP) is 8.09. The molecule has 6 aromatic rings. The number of hydrogen-bond acceptors (Lipinski definition) is 10. The Morgan fingerprint density at radius 3 is 2.06 bits per heavy atom. The molecule has 11 heteroatoms. The van der Waals surface area contributed by atoms with Crippen molar-refractivity contribution < 1.29 is 23.7 Å². The summed E-state index contributed by atoms with van der Waals surface area (Å²) in [4.78, 5) is 22.1. The van der Waals surface area contributed by atoms with Gasteiger partial charge in [-0.2, -0.15) is 9.78 Å². The van der Waals surface area contributed by atoms with Crippen LogP contribution < -0.4 is 18.9 Å². The van der Waals surface area contributed by atoms with Gasteiger partial charge < -0.3 is 18.9 Å². The lowest BCUT2D eigenvalue weighted by Gasteiger charge is -2.34. The van der Waals surface area contributed by atoms with Gasteiger partial charge in [-0.05, 0) is 92.1 Å². The Balaban J connectivity index is 0.987. The van der Waals surface area contributed by atoms with E-state index in [1.165, 1.54) is 16.3 Å². The predicted molar refractivity (Wildman–Crippen MR) is 206 cm³/mol. The van der Waals surface area contributed by atoms with E-state index in [9.17, 15) is 4.79 Å². The first-order valence-corrected chi connectivity index (χ1v) is 18.1. The van der Waals surface area contributed by atoms with Gasteiger partial charge in [0.25, 0.3) is 0 Å². The second-order valence-electron chi connectivity index (χ2n) is 13.1. The molecule has 0 unspecified atom stereocenters. The molecule has 0 saturated carbocycles. The van der Waals surface area contributed by atoms with Gasteiger partial charge in [-0.1, -0.05) is 24.3 Å². The molecule has 1 aliphatic rings. The number of nitrogens with zero attached hydrogens (tertiary/aromatic N) is 5. The summed E-state index contributed by atoms with van der Waals surface area (Å²) >= 11 is 1.70. The molecule has 3 heterocycles. The lowest BCUT2D eigenvalue weighted by Crippen LogP contribution is -2.48. The summed E-state index contributed by atoms with van der Waals surface area (Å²) in [5, 5.41) is 5.68. The van der Waals surface area contributed by atoms with Crippen LogP contribution in [0.2, 0.25) is 0 Å². The van der Waals surface area contributed by atoms with Gasteiger partial charge in [0.15, 0.2) is 11.5 Å². The Labute approximate surface area is 308 Å². The van der Waals surface area contributed by atoms with E-state index in [0.29, 0.717) is 36.3 Å². The van der Waals surface area contributed by atoms with Crippen molar-refractivity contribution in [1.82, 2.24) is 24.6 Å². The van der Waals surface area contributed by atoms with Gasteiger partial charge in [0.05, 0.1) is 35.8 Å². The number of thiazole rings is 1. The van der Waals surface area contributed by atoms with Crippen LogP contribution in [0.15, 0.2) is 78.9 Å². The number of para-hydroxylation sites is 1. The van der Waals surface area contributed by atoms with Crippen LogP contribution in [-0.4, -0.2) is 84.3 Å². The SMILES string of the molecule is COc1ccc(-c2cc(-c3cc(C)c(C)c(OC)c3)nn2C(C)=O)cc1OCN1CCN(COc2cc(-c3nc4ccccc4s3)ccc2C)CC1. The van der Waals surface area contributed by atoms with Crippen molar-refractivity contribution >= 4 is 27.5 Å². The third kappa shape index (κ3) is 7.38. The van der Waals surface area contributed by atoms with Crippen molar-refractivity contribution in [3.8, 4) is 56.1 Å². The van der Waals surface area contributed by atoms with Gasteiger partial charge in [0, 0.05) is 49.8 Å². The molecule has 1 saturated heterocycles. The second-order valence-corrected chi connectivity index (χ2v) is 14.1. The van der Waals surface area contributed by atoms with Crippen LogP contribution in [0.5, 0.6) is 23.0 Å². The number of ether oxygens (including phenoxy) is 4. The molecule has 0 amide bonds. The number of methoxy groups -OCH3 is 2. The molecule has 2 aromatic heterocycles. The summed E-state index contributed by atoms with van der Waals surface area (Å²) in [7, 11) is 3.29. The van der Waals surface area contributed by atoms with Crippen molar-refractivity contribution in [2.24, 2.45) is 0 Å². The molecule has 4 aromatic carbocycles. The zero-order chi connectivity index (χ0) is 36.4. The minimum Gasteiger partial charge on any atom is -0.496 e. The second kappa shape index (κ2) is 15.2. The summed E-state index contributed by atoms with van der Waals surface area (Å²) in [5.41, 5.74) is 8.37. The number of benzene rings is 4. The average molecular weight is 718 g/mol. The summed E-state index contributed by atoms with van der Waals surface area (Å²) in [6, 6.07) is 26.2. The van der Waals surface area contributed by atoms with Crippen molar-refractivity contribution in [2.45, 2.75) is 27.7 Å². The third-order valence-electron chi connectivity index (χ3n) is 9.60. The smallest absolute Gasteiger partial charge is 0.244 e. The minimum atomic E-state index is -0.187. The van der Waals surface area contributed by atoms with Crippen LogP contribution in [0.1, 0.15) is 28.4 Å².